The van der Waals surface area contributed by atoms with Crippen molar-refractivity contribution in [2.45, 2.75) is 51.1 Å². The number of pyridine rings is 1. The number of halogens is 2. The molecule has 2 bridgehead atoms. The maximum absolute atomic E-state index is 12.9. The van der Waals surface area contributed by atoms with Gasteiger partial charge in [0.05, 0.1) is 5.56 Å². The molecule has 2 aromatic rings. The fourth-order valence-corrected chi connectivity index (χ4v) is 4.73. The highest BCUT2D eigenvalue weighted by atomic mass is 35.5. The number of hydrogen-bond acceptors (Lipinski definition) is 3. The number of fused-ring (bicyclic) bond motifs is 2. The van der Waals surface area contributed by atoms with Crippen molar-refractivity contribution in [3.8, 4) is 11.1 Å². The fraction of sp³-hybridized carbons (Fsp3) is 0.455. The van der Waals surface area contributed by atoms with Gasteiger partial charge in [0, 0.05) is 30.0 Å². The molecule has 1 amide bonds. The van der Waals surface area contributed by atoms with Crippen LogP contribution in [0.5, 0.6) is 0 Å². The van der Waals surface area contributed by atoms with Crippen molar-refractivity contribution in [2.75, 3.05) is 0 Å². The number of aryl methyl sites for hydroxylation is 1. The summed E-state index contributed by atoms with van der Waals surface area (Å²) in [5, 5.41) is 3.31. The molecule has 0 spiro atoms. The molecule has 3 N–H and O–H groups in total. The van der Waals surface area contributed by atoms with Gasteiger partial charge in [0.1, 0.15) is 0 Å². The summed E-state index contributed by atoms with van der Waals surface area (Å²) in [7, 11) is 0. The first kappa shape index (κ1) is 22.7. The molecule has 0 aliphatic heterocycles. The number of benzene rings is 1. The predicted molar refractivity (Wildman–Crippen MR) is 118 cm³/mol. The van der Waals surface area contributed by atoms with E-state index in [0.29, 0.717) is 23.4 Å². The standard InChI is InChI=1S/C22H27N3O.2ClH/c1-14-5-7-15(8-6-14)18-9-19(13-24-12-18)22(26)25-21-16-3-2-4-17(21)11-20(23)10-16;;/h5-9,12-13,16-17,20-21H,2-4,10-11,23H2,1H3,(H,25,26);2*1H. The maximum Gasteiger partial charge on any atom is 0.253 e. The van der Waals surface area contributed by atoms with E-state index < -0.39 is 0 Å². The fourth-order valence-electron chi connectivity index (χ4n) is 4.73. The zero-order valence-electron chi connectivity index (χ0n) is 16.1. The van der Waals surface area contributed by atoms with E-state index in [0.717, 1.165) is 24.0 Å². The van der Waals surface area contributed by atoms with Crippen LogP contribution in [0, 0.1) is 18.8 Å². The highest BCUT2D eigenvalue weighted by Crippen LogP contribution is 2.39. The van der Waals surface area contributed by atoms with E-state index in [-0.39, 0.29) is 36.8 Å². The van der Waals surface area contributed by atoms with Gasteiger partial charge in [0.15, 0.2) is 0 Å². The van der Waals surface area contributed by atoms with Crippen molar-refractivity contribution in [1.82, 2.24) is 10.3 Å². The van der Waals surface area contributed by atoms with Crippen molar-refractivity contribution in [2.24, 2.45) is 17.6 Å². The van der Waals surface area contributed by atoms with E-state index >= 15 is 0 Å². The number of carbonyl (C=O) groups is 1. The molecule has 1 heterocycles. The number of carbonyl (C=O) groups excluding carboxylic acids is 1. The second kappa shape index (κ2) is 9.73. The smallest absolute Gasteiger partial charge is 0.253 e. The Labute approximate surface area is 179 Å². The minimum atomic E-state index is -0.0103. The highest BCUT2D eigenvalue weighted by Gasteiger charge is 2.39. The van der Waals surface area contributed by atoms with Gasteiger partial charge in [-0.2, -0.15) is 0 Å². The van der Waals surface area contributed by atoms with Gasteiger partial charge in [-0.05, 0) is 56.1 Å². The number of nitrogens with one attached hydrogen (secondary N) is 1. The lowest BCUT2D eigenvalue weighted by Gasteiger charge is -2.45. The van der Waals surface area contributed by atoms with Crippen LogP contribution in [-0.4, -0.2) is 23.0 Å². The summed E-state index contributed by atoms with van der Waals surface area (Å²) >= 11 is 0. The van der Waals surface area contributed by atoms with E-state index in [1.165, 1.54) is 24.8 Å². The topological polar surface area (TPSA) is 68.0 Å². The van der Waals surface area contributed by atoms with Gasteiger partial charge in [-0.15, -0.1) is 24.8 Å². The van der Waals surface area contributed by atoms with E-state index in [2.05, 4.69) is 41.5 Å². The summed E-state index contributed by atoms with van der Waals surface area (Å²) in [6, 6.07) is 10.8. The molecule has 1 aromatic carbocycles. The van der Waals surface area contributed by atoms with Crippen molar-refractivity contribution in [3.05, 3.63) is 53.9 Å². The molecule has 2 unspecified atom stereocenters. The summed E-state index contributed by atoms with van der Waals surface area (Å²) in [6.45, 7) is 2.07. The third-order valence-electron chi connectivity index (χ3n) is 6.06. The second-order valence-electron chi connectivity index (χ2n) is 8.01. The average molecular weight is 422 g/mol. The first-order valence-electron chi connectivity index (χ1n) is 9.68. The molecule has 4 nitrogen and oxygen atoms in total. The summed E-state index contributed by atoms with van der Waals surface area (Å²) < 4.78 is 0. The Balaban J connectivity index is 0.00000140. The predicted octanol–water partition coefficient (Wildman–Crippen LogP) is 4.54. The van der Waals surface area contributed by atoms with Crippen LogP contribution in [0.15, 0.2) is 42.7 Å². The third kappa shape index (κ3) is 4.86. The van der Waals surface area contributed by atoms with Crippen molar-refractivity contribution in [1.29, 1.82) is 0 Å². The second-order valence-corrected chi connectivity index (χ2v) is 8.01. The summed E-state index contributed by atoms with van der Waals surface area (Å²) in [6.07, 6.45) is 9.16. The average Bonchev–Trinajstić information content (AvgIpc) is 2.63. The summed E-state index contributed by atoms with van der Waals surface area (Å²) in [4.78, 5) is 17.2. The summed E-state index contributed by atoms with van der Waals surface area (Å²) in [5.41, 5.74) is 10.1. The van der Waals surface area contributed by atoms with Crippen LogP contribution in [0.25, 0.3) is 11.1 Å². The molecule has 2 atom stereocenters. The molecule has 4 rings (SSSR count). The Hall–Kier alpha value is -1.62. The molecule has 2 aliphatic carbocycles. The zero-order chi connectivity index (χ0) is 18.1. The van der Waals surface area contributed by atoms with Gasteiger partial charge < -0.3 is 11.1 Å². The quantitative estimate of drug-likeness (QED) is 0.764. The SMILES string of the molecule is Cc1ccc(-c2cncc(C(=O)NC3C4CCCC3CC(N)C4)c2)cc1.Cl.Cl. The Kier molecular flexibility index (Phi) is 7.87. The van der Waals surface area contributed by atoms with E-state index in [9.17, 15) is 4.79 Å². The van der Waals surface area contributed by atoms with Gasteiger partial charge >= 0.3 is 0 Å². The Morgan fingerprint density at radius 3 is 2.32 bits per heavy atom. The van der Waals surface area contributed by atoms with Crippen LogP contribution >= 0.6 is 24.8 Å². The maximum atomic E-state index is 12.9. The Morgan fingerprint density at radius 1 is 1.04 bits per heavy atom. The first-order valence-corrected chi connectivity index (χ1v) is 9.68. The number of aromatic nitrogens is 1. The molecule has 2 aliphatic rings. The minimum Gasteiger partial charge on any atom is -0.349 e. The monoisotopic (exact) mass is 421 g/mol. The van der Waals surface area contributed by atoms with E-state index in [1.54, 1.807) is 6.20 Å². The Morgan fingerprint density at radius 2 is 1.68 bits per heavy atom. The number of nitrogens with two attached hydrogens (primary N) is 1. The molecule has 1 aromatic heterocycles. The Bertz CT molecular complexity index is 783. The van der Waals surface area contributed by atoms with Gasteiger partial charge in [-0.25, -0.2) is 0 Å². The lowest BCUT2D eigenvalue weighted by Crippen LogP contribution is -2.53. The zero-order valence-corrected chi connectivity index (χ0v) is 17.8. The van der Waals surface area contributed by atoms with Gasteiger partial charge in [0.2, 0.25) is 0 Å². The molecule has 28 heavy (non-hydrogen) atoms. The third-order valence-corrected chi connectivity index (χ3v) is 6.06. The van der Waals surface area contributed by atoms with Crippen LogP contribution in [0.1, 0.15) is 48.0 Å². The molecular weight excluding hydrogens is 393 g/mol. The van der Waals surface area contributed by atoms with Gasteiger partial charge in [-0.3, -0.25) is 9.78 Å². The number of nitrogens with zero attached hydrogens (tertiary/aromatic N) is 1. The normalized spacial score (nSPS) is 25.8. The minimum absolute atomic E-state index is 0. The molecule has 6 heteroatoms. The lowest BCUT2D eigenvalue weighted by molar-refractivity contribution is 0.0755. The van der Waals surface area contributed by atoms with Crippen LogP contribution in [-0.2, 0) is 0 Å². The number of rotatable bonds is 3. The molecule has 0 radical (unpaired) electrons. The van der Waals surface area contributed by atoms with Crippen molar-refractivity contribution < 1.29 is 4.79 Å². The van der Waals surface area contributed by atoms with Gasteiger partial charge in [-0.1, -0.05) is 36.2 Å². The molecule has 152 valence electrons. The lowest BCUT2D eigenvalue weighted by atomic mass is 9.67. The first-order chi connectivity index (χ1) is 12.6. The largest absolute Gasteiger partial charge is 0.349 e. The van der Waals surface area contributed by atoms with E-state index in [4.69, 9.17) is 5.73 Å². The molecule has 0 saturated heterocycles. The van der Waals surface area contributed by atoms with E-state index in [1.807, 2.05) is 12.3 Å². The van der Waals surface area contributed by atoms with Crippen molar-refractivity contribution in [3.63, 3.8) is 0 Å². The highest BCUT2D eigenvalue weighted by molar-refractivity contribution is 5.95. The van der Waals surface area contributed by atoms with Gasteiger partial charge in [0.25, 0.3) is 5.91 Å². The van der Waals surface area contributed by atoms with Crippen molar-refractivity contribution >= 4 is 30.7 Å². The summed E-state index contributed by atoms with van der Waals surface area (Å²) in [5.74, 6) is 1.04. The van der Waals surface area contributed by atoms with Crippen LogP contribution in [0.2, 0.25) is 0 Å². The molecule has 2 saturated carbocycles. The number of hydrogen-bond donors (Lipinski definition) is 2. The van der Waals surface area contributed by atoms with Crippen LogP contribution in [0.3, 0.4) is 0 Å². The van der Waals surface area contributed by atoms with Crippen LogP contribution in [0.4, 0.5) is 0 Å². The van der Waals surface area contributed by atoms with Crippen LogP contribution < -0.4 is 11.1 Å². The molecule has 2 fully saturated rings. The number of amides is 1. The molecular formula is C22H29Cl2N3O.